The predicted octanol–water partition coefficient (Wildman–Crippen LogP) is 29.1. The van der Waals surface area contributed by atoms with Gasteiger partial charge in [-0.3, -0.25) is 0 Å². The molecule has 0 radical (unpaired) electrons. The number of rotatable bonds is 15. The molecule has 0 saturated carbocycles. The SMILES string of the molecule is CC(C)(C)c1ccc2c(c1)C(c1ccccc1)(c1ccccc1)c1cc(N(c3ccc(-c4ccc(CC(C)(C)c5ccc6c(c5)C(c5ccccc5)(c5ccccc5)c5cc(N(c7ccc8c(c7)C(C)(C)c7ccccc7-8)c7ccccc7-c7ccccc7)ccc5-6)cc4)cc3)c3ccc4c(c3)C(C)(C)c3ccccc3-4)ccc1-2. The lowest BCUT2D eigenvalue weighted by atomic mass is 9.66. The van der Waals surface area contributed by atoms with Crippen LogP contribution in [0.4, 0.5) is 34.1 Å². The van der Waals surface area contributed by atoms with Crippen molar-refractivity contribution >= 4 is 34.1 Å². The molecule has 0 aliphatic heterocycles. The molecule has 2 heteroatoms. The van der Waals surface area contributed by atoms with Crippen molar-refractivity contribution in [3.63, 3.8) is 0 Å². The Balaban J connectivity index is 0.661. The van der Waals surface area contributed by atoms with E-state index in [1.54, 1.807) is 0 Å². The summed E-state index contributed by atoms with van der Waals surface area (Å²) < 4.78 is 0. The summed E-state index contributed by atoms with van der Waals surface area (Å²) in [6.45, 7) is 21.4. The molecule has 0 atom stereocenters. The second kappa shape index (κ2) is 26.7. The van der Waals surface area contributed by atoms with Crippen molar-refractivity contribution < 1.29 is 0 Å². The van der Waals surface area contributed by atoms with Gasteiger partial charge in [-0.25, -0.2) is 0 Å². The zero-order chi connectivity index (χ0) is 77.5. The van der Waals surface area contributed by atoms with Crippen LogP contribution in [0.1, 0.15) is 146 Å². The maximum Gasteiger partial charge on any atom is 0.0714 e. The topological polar surface area (TPSA) is 6.48 Å². The fourth-order valence-electron chi connectivity index (χ4n) is 20.4. The third kappa shape index (κ3) is 11.0. The Bertz CT molecular complexity index is 6340. The molecule has 0 amide bonds. The smallest absolute Gasteiger partial charge is 0.0714 e. The second-order valence-corrected chi connectivity index (χ2v) is 34.9. The van der Waals surface area contributed by atoms with E-state index in [0.29, 0.717) is 0 Å². The maximum atomic E-state index is 2.58. The van der Waals surface area contributed by atoms with E-state index in [2.05, 4.69) is 454 Å². The first-order valence-corrected chi connectivity index (χ1v) is 40.7. The average molecular weight is 1470 g/mol. The van der Waals surface area contributed by atoms with E-state index in [1.807, 2.05) is 0 Å². The summed E-state index contributed by atoms with van der Waals surface area (Å²) in [7, 11) is 0. The quantitative estimate of drug-likeness (QED) is 0.101. The lowest BCUT2D eigenvalue weighted by Gasteiger charge is -2.36. The van der Waals surface area contributed by atoms with E-state index in [0.717, 1.165) is 40.5 Å². The summed E-state index contributed by atoms with van der Waals surface area (Å²) in [6.07, 6.45) is 0.849. The average Bonchev–Trinajstić information content (AvgIpc) is 1.53. The molecule has 16 aromatic carbocycles. The lowest BCUT2D eigenvalue weighted by Crippen LogP contribution is -2.30. The summed E-state index contributed by atoms with van der Waals surface area (Å²) in [5, 5.41) is 0. The van der Waals surface area contributed by atoms with Gasteiger partial charge in [0.1, 0.15) is 0 Å². The summed E-state index contributed by atoms with van der Waals surface area (Å²) >= 11 is 0. The van der Waals surface area contributed by atoms with Crippen LogP contribution in [0.2, 0.25) is 0 Å². The Morgan fingerprint density at radius 3 is 0.965 bits per heavy atom. The molecule has 16 aromatic rings. The highest BCUT2D eigenvalue weighted by molar-refractivity contribution is 5.96. The summed E-state index contributed by atoms with van der Waals surface area (Å²) in [4.78, 5) is 5.04. The van der Waals surface area contributed by atoms with Gasteiger partial charge in [0.15, 0.2) is 0 Å². The molecule has 550 valence electrons. The van der Waals surface area contributed by atoms with E-state index >= 15 is 0 Å². The monoisotopic (exact) mass is 1460 g/mol. The number of hydrogen-bond donors (Lipinski definition) is 0. The number of fused-ring (bicyclic) bond motifs is 12. The van der Waals surface area contributed by atoms with Crippen LogP contribution in [0.5, 0.6) is 0 Å². The Morgan fingerprint density at radius 2 is 0.535 bits per heavy atom. The normalized spacial score (nSPS) is 14.5. The van der Waals surface area contributed by atoms with Gasteiger partial charge in [0, 0.05) is 44.8 Å². The van der Waals surface area contributed by atoms with Crippen molar-refractivity contribution in [3.05, 3.63) is 466 Å². The van der Waals surface area contributed by atoms with Crippen molar-refractivity contribution in [2.24, 2.45) is 0 Å². The van der Waals surface area contributed by atoms with Crippen molar-refractivity contribution in [2.45, 2.75) is 101 Å². The van der Waals surface area contributed by atoms with Gasteiger partial charge in [-0.15, -0.1) is 0 Å². The number of para-hydroxylation sites is 1. The van der Waals surface area contributed by atoms with Crippen molar-refractivity contribution in [1.82, 2.24) is 0 Å². The Morgan fingerprint density at radius 1 is 0.228 bits per heavy atom. The van der Waals surface area contributed by atoms with Gasteiger partial charge in [0.2, 0.25) is 0 Å². The highest BCUT2D eigenvalue weighted by atomic mass is 15.2. The van der Waals surface area contributed by atoms with E-state index < -0.39 is 10.8 Å². The predicted molar refractivity (Wildman–Crippen MR) is 478 cm³/mol. The maximum absolute atomic E-state index is 2.58. The van der Waals surface area contributed by atoms with Crippen LogP contribution in [-0.4, -0.2) is 0 Å². The Kier molecular flexibility index (Phi) is 16.4. The minimum absolute atomic E-state index is 0.0501. The minimum atomic E-state index is -0.665. The molecule has 0 saturated heterocycles. The third-order valence-electron chi connectivity index (χ3n) is 26.2. The van der Waals surface area contributed by atoms with E-state index in [4.69, 9.17) is 0 Å². The van der Waals surface area contributed by atoms with Crippen molar-refractivity contribution in [3.8, 4) is 66.8 Å². The van der Waals surface area contributed by atoms with Gasteiger partial charge >= 0.3 is 0 Å². The zero-order valence-electron chi connectivity index (χ0n) is 66.5. The zero-order valence-corrected chi connectivity index (χ0v) is 66.5. The number of nitrogens with zero attached hydrogens (tertiary/aromatic N) is 2. The fourth-order valence-corrected chi connectivity index (χ4v) is 20.4. The van der Waals surface area contributed by atoms with Crippen LogP contribution in [0.3, 0.4) is 0 Å². The minimum Gasteiger partial charge on any atom is -0.310 e. The molecule has 0 heterocycles. The Hall–Kier alpha value is -12.9. The van der Waals surface area contributed by atoms with Crippen LogP contribution in [0, 0.1) is 0 Å². The van der Waals surface area contributed by atoms with E-state index in [9.17, 15) is 0 Å². The molecular weight excluding hydrogens is 1370 g/mol. The lowest BCUT2D eigenvalue weighted by molar-refractivity contribution is 0.521. The molecular formula is C112H92N2. The summed E-state index contributed by atoms with van der Waals surface area (Å²) in [5.74, 6) is 0. The molecule has 4 aliphatic rings. The molecule has 0 fully saturated rings. The fraction of sp³-hybridized carbons (Fsp3) is 0.143. The van der Waals surface area contributed by atoms with Crippen LogP contribution < -0.4 is 9.80 Å². The standard InChI is InChI=1S/C112H92N2/c1-107(2,3)82-53-61-94-96-65-58-86(71-104(96)111(102(94)67-82,78-33-17-11-18-34-78)79-35-19-12-20-36-79)113(85-57-63-92-90-42-25-28-44-98(90)109(6,7)100(92)69-85)84-55-51-76(52-56-84)75-49-47-74(48-50-75)73-108(4,5)83-54-62-95-97-66-60-88(72-105(97)112(103(95)68-83,80-37-21-13-22-38-80)81-39-23-14-24-40-81)114(106-46-30-27-41-89(106)77-31-15-10-16-32-77)87-59-64-93-91-43-26-29-45-99(91)110(8,9)101(93)70-87/h10-72H,73H2,1-9H3. The first-order valence-electron chi connectivity index (χ1n) is 40.7. The molecule has 114 heavy (non-hydrogen) atoms. The molecule has 20 rings (SSSR count). The van der Waals surface area contributed by atoms with Crippen LogP contribution in [0.25, 0.3) is 66.8 Å². The molecule has 4 aliphatic carbocycles. The van der Waals surface area contributed by atoms with Crippen LogP contribution >= 0.6 is 0 Å². The van der Waals surface area contributed by atoms with Crippen LogP contribution in [0.15, 0.2) is 382 Å². The van der Waals surface area contributed by atoms with Crippen molar-refractivity contribution in [2.75, 3.05) is 9.80 Å². The van der Waals surface area contributed by atoms with Gasteiger partial charge in [-0.2, -0.15) is 0 Å². The van der Waals surface area contributed by atoms with E-state index in [1.165, 1.54) is 150 Å². The highest BCUT2D eigenvalue weighted by Crippen LogP contribution is 2.62. The van der Waals surface area contributed by atoms with E-state index in [-0.39, 0.29) is 21.7 Å². The van der Waals surface area contributed by atoms with Gasteiger partial charge < -0.3 is 9.80 Å². The van der Waals surface area contributed by atoms with Gasteiger partial charge in [0.25, 0.3) is 0 Å². The number of anilines is 6. The summed E-state index contributed by atoms with van der Waals surface area (Å²) in [5.41, 5.74) is 39.3. The van der Waals surface area contributed by atoms with Crippen molar-refractivity contribution in [1.29, 1.82) is 0 Å². The first-order chi connectivity index (χ1) is 55.4. The van der Waals surface area contributed by atoms with Gasteiger partial charge in [-0.05, 0) is 229 Å². The molecule has 0 unspecified atom stereocenters. The van der Waals surface area contributed by atoms with Crippen LogP contribution in [-0.2, 0) is 38.9 Å². The number of benzene rings is 16. The van der Waals surface area contributed by atoms with Gasteiger partial charge in [-0.1, -0.05) is 378 Å². The largest absolute Gasteiger partial charge is 0.310 e. The molecule has 2 nitrogen and oxygen atoms in total. The molecule has 0 N–H and O–H groups in total. The molecule has 0 spiro atoms. The molecule has 0 aromatic heterocycles. The first kappa shape index (κ1) is 70.3. The highest BCUT2D eigenvalue weighted by Gasteiger charge is 2.50. The number of hydrogen-bond acceptors (Lipinski definition) is 2. The third-order valence-corrected chi connectivity index (χ3v) is 26.2. The second-order valence-electron chi connectivity index (χ2n) is 34.9. The summed E-state index contributed by atoms with van der Waals surface area (Å²) in [6, 6.07) is 145. The Labute approximate surface area is 673 Å². The molecule has 0 bridgehead atoms. The van der Waals surface area contributed by atoms with Gasteiger partial charge in [0.05, 0.1) is 16.5 Å².